The smallest absolute Gasteiger partial charge is 0.340 e. The Bertz CT molecular complexity index is 1070. The van der Waals surface area contributed by atoms with E-state index < -0.39 is 0 Å². The fraction of sp³-hybridized carbons (Fsp3) is 0.263. The molecule has 8 nitrogen and oxygen atoms in total. The van der Waals surface area contributed by atoms with Crippen LogP contribution in [0.3, 0.4) is 0 Å². The first kappa shape index (κ1) is 17.0. The number of hydrogen-bond donors (Lipinski definition) is 3. The Balaban J connectivity index is 1.65. The van der Waals surface area contributed by atoms with Gasteiger partial charge in [-0.3, -0.25) is 9.78 Å². The highest BCUT2D eigenvalue weighted by Gasteiger charge is 2.25. The van der Waals surface area contributed by atoms with E-state index >= 15 is 0 Å². The van der Waals surface area contributed by atoms with Crippen molar-refractivity contribution in [2.24, 2.45) is 0 Å². The second kappa shape index (κ2) is 7.06. The topological polar surface area (TPSA) is 107 Å². The molecule has 8 heteroatoms. The van der Waals surface area contributed by atoms with Crippen LogP contribution in [0.25, 0.3) is 22.3 Å². The van der Waals surface area contributed by atoms with Gasteiger partial charge in [0, 0.05) is 24.5 Å². The molecule has 1 fully saturated rings. The number of hydrogen-bond acceptors (Lipinski definition) is 5. The molecule has 0 saturated carbocycles. The van der Waals surface area contributed by atoms with Crippen LogP contribution >= 0.6 is 0 Å². The molecule has 0 spiro atoms. The summed E-state index contributed by atoms with van der Waals surface area (Å²) in [6, 6.07) is 9.91. The van der Waals surface area contributed by atoms with Crippen molar-refractivity contribution in [2.75, 3.05) is 18.4 Å². The van der Waals surface area contributed by atoms with E-state index in [4.69, 9.17) is 0 Å². The van der Waals surface area contributed by atoms with Gasteiger partial charge in [0.05, 0.1) is 0 Å². The van der Waals surface area contributed by atoms with Gasteiger partial charge < -0.3 is 10.2 Å². The van der Waals surface area contributed by atoms with E-state index in [9.17, 15) is 9.59 Å². The number of fused-ring (bicyclic) bond motifs is 1. The molecule has 3 heterocycles. The second-order valence-electron chi connectivity index (χ2n) is 6.52. The lowest BCUT2D eigenvalue weighted by molar-refractivity contribution is -0.125. The van der Waals surface area contributed by atoms with Crippen molar-refractivity contribution in [3.63, 3.8) is 0 Å². The standard InChI is InChI=1S/C19H20N6O2/c1-2-5-16(26)25-9-8-13(11-25)20-17-14-7-4-3-6-12(14)10-15(21-17)18-22-19(27)24-23-18/h2-7,10,13H,8-9,11H2,1H3,(H,20,21)(H2,22,23,24,27)/t13-/m0/s1. The molecule has 1 aromatic carbocycles. The third-order valence-electron chi connectivity index (χ3n) is 4.63. The van der Waals surface area contributed by atoms with Gasteiger partial charge in [0.25, 0.3) is 0 Å². The minimum Gasteiger partial charge on any atom is -0.365 e. The first-order valence-corrected chi connectivity index (χ1v) is 8.87. The van der Waals surface area contributed by atoms with Crippen LogP contribution in [-0.4, -0.2) is 50.1 Å². The van der Waals surface area contributed by atoms with Gasteiger partial charge in [-0.15, -0.1) is 0 Å². The first-order valence-electron chi connectivity index (χ1n) is 8.87. The number of carbonyl (C=O) groups is 1. The summed E-state index contributed by atoms with van der Waals surface area (Å²) in [5, 5.41) is 11.8. The summed E-state index contributed by atoms with van der Waals surface area (Å²) in [4.78, 5) is 32.6. The normalized spacial score (nSPS) is 17.1. The van der Waals surface area contributed by atoms with Crippen LogP contribution in [0.2, 0.25) is 0 Å². The number of allylic oxidation sites excluding steroid dienone is 1. The number of carbonyl (C=O) groups excluding carboxylic acids is 1. The summed E-state index contributed by atoms with van der Waals surface area (Å²) < 4.78 is 0. The largest absolute Gasteiger partial charge is 0.365 e. The molecule has 4 rings (SSSR count). The number of benzene rings is 1. The van der Waals surface area contributed by atoms with Crippen molar-refractivity contribution in [1.82, 2.24) is 25.1 Å². The van der Waals surface area contributed by atoms with Crippen molar-refractivity contribution in [2.45, 2.75) is 19.4 Å². The maximum absolute atomic E-state index is 12.0. The zero-order valence-electron chi connectivity index (χ0n) is 14.9. The van der Waals surface area contributed by atoms with Gasteiger partial charge in [0.1, 0.15) is 11.5 Å². The predicted octanol–water partition coefficient (Wildman–Crippen LogP) is 1.90. The van der Waals surface area contributed by atoms with Crippen LogP contribution in [0.1, 0.15) is 13.3 Å². The maximum atomic E-state index is 12.0. The number of aromatic amines is 2. The zero-order chi connectivity index (χ0) is 18.8. The minimum atomic E-state index is -0.372. The molecule has 138 valence electrons. The number of nitrogens with zero attached hydrogens (tertiary/aromatic N) is 3. The Morgan fingerprint density at radius 1 is 1.37 bits per heavy atom. The first-order chi connectivity index (χ1) is 13.1. The van der Waals surface area contributed by atoms with Crippen molar-refractivity contribution >= 4 is 22.5 Å². The van der Waals surface area contributed by atoms with Gasteiger partial charge in [0.15, 0.2) is 5.82 Å². The number of nitrogens with one attached hydrogen (secondary N) is 3. The molecular formula is C19H20N6O2. The lowest BCUT2D eigenvalue weighted by atomic mass is 10.1. The van der Waals surface area contributed by atoms with Gasteiger partial charge in [-0.05, 0) is 30.9 Å². The number of H-pyrrole nitrogens is 2. The molecule has 1 aliphatic rings. The van der Waals surface area contributed by atoms with E-state index in [1.165, 1.54) is 0 Å². The minimum absolute atomic E-state index is 0.0301. The summed E-state index contributed by atoms with van der Waals surface area (Å²) >= 11 is 0. The average molecular weight is 364 g/mol. The third-order valence-corrected chi connectivity index (χ3v) is 4.63. The van der Waals surface area contributed by atoms with Crippen molar-refractivity contribution in [1.29, 1.82) is 0 Å². The Labute approximate surface area is 155 Å². The van der Waals surface area contributed by atoms with Gasteiger partial charge >= 0.3 is 5.69 Å². The lowest BCUT2D eigenvalue weighted by Gasteiger charge is -2.17. The number of likely N-dealkylation sites (tertiary alicyclic amines) is 1. The highest BCUT2D eigenvalue weighted by Crippen LogP contribution is 2.27. The van der Waals surface area contributed by atoms with Crippen LogP contribution in [0, 0.1) is 0 Å². The molecule has 0 unspecified atom stereocenters. The number of pyridine rings is 1. The van der Waals surface area contributed by atoms with Gasteiger partial charge in [0.2, 0.25) is 5.91 Å². The van der Waals surface area contributed by atoms with E-state index in [1.807, 2.05) is 42.2 Å². The number of aromatic nitrogens is 4. The van der Waals surface area contributed by atoms with Gasteiger partial charge in [-0.2, -0.15) is 5.10 Å². The monoisotopic (exact) mass is 364 g/mol. The molecule has 0 radical (unpaired) electrons. The number of rotatable bonds is 4. The summed E-state index contributed by atoms with van der Waals surface area (Å²) in [6.07, 6.45) is 4.19. The van der Waals surface area contributed by atoms with Crippen LogP contribution < -0.4 is 11.0 Å². The molecule has 0 bridgehead atoms. The molecule has 2 aromatic heterocycles. The van der Waals surface area contributed by atoms with Crippen molar-refractivity contribution in [3.8, 4) is 11.5 Å². The molecule has 3 N–H and O–H groups in total. The average Bonchev–Trinajstić information content (AvgIpc) is 3.31. The van der Waals surface area contributed by atoms with E-state index in [0.717, 1.165) is 23.0 Å². The highest BCUT2D eigenvalue weighted by atomic mass is 16.2. The van der Waals surface area contributed by atoms with E-state index in [0.29, 0.717) is 24.6 Å². The maximum Gasteiger partial charge on any atom is 0.340 e. The zero-order valence-corrected chi connectivity index (χ0v) is 14.9. The van der Waals surface area contributed by atoms with E-state index in [1.54, 1.807) is 12.2 Å². The highest BCUT2D eigenvalue weighted by molar-refractivity contribution is 5.94. The van der Waals surface area contributed by atoms with Gasteiger partial charge in [-0.25, -0.2) is 14.9 Å². The van der Waals surface area contributed by atoms with Crippen LogP contribution in [0.15, 0.2) is 47.3 Å². The summed E-state index contributed by atoms with van der Waals surface area (Å²) in [6.45, 7) is 3.18. The SMILES string of the molecule is CC=CC(=O)N1CC[C@H](Nc2nc(-c3n[nH]c(=O)[nH]3)cc3ccccc23)C1. The van der Waals surface area contributed by atoms with E-state index in [2.05, 4.69) is 25.5 Å². The van der Waals surface area contributed by atoms with E-state index in [-0.39, 0.29) is 17.6 Å². The Morgan fingerprint density at radius 3 is 3.00 bits per heavy atom. The third kappa shape index (κ3) is 3.46. The van der Waals surface area contributed by atoms with Crippen molar-refractivity contribution < 1.29 is 4.79 Å². The van der Waals surface area contributed by atoms with Crippen molar-refractivity contribution in [3.05, 3.63) is 53.0 Å². The summed E-state index contributed by atoms with van der Waals surface area (Å²) in [7, 11) is 0. The lowest BCUT2D eigenvalue weighted by Crippen LogP contribution is -2.30. The molecule has 1 atom stereocenters. The molecule has 3 aromatic rings. The Hall–Kier alpha value is -3.42. The Morgan fingerprint density at radius 2 is 2.22 bits per heavy atom. The molecule has 0 aliphatic carbocycles. The summed E-state index contributed by atoms with van der Waals surface area (Å²) in [5.41, 5.74) is 0.206. The summed E-state index contributed by atoms with van der Waals surface area (Å²) in [5.74, 6) is 1.14. The second-order valence-corrected chi connectivity index (χ2v) is 6.52. The van der Waals surface area contributed by atoms with Crippen LogP contribution in [0.4, 0.5) is 5.82 Å². The molecule has 1 amide bonds. The molecule has 27 heavy (non-hydrogen) atoms. The quantitative estimate of drug-likeness (QED) is 0.613. The number of anilines is 1. The molecular weight excluding hydrogens is 344 g/mol. The number of amides is 1. The predicted molar refractivity (Wildman–Crippen MR) is 103 cm³/mol. The Kier molecular flexibility index (Phi) is 4.45. The molecule has 1 saturated heterocycles. The fourth-order valence-electron chi connectivity index (χ4n) is 3.34. The molecule has 1 aliphatic heterocycles. The van der Waals surface area contributed by atoms with Gasteiger partial charge in [-0.1, -0.05) is 30.3 Å². The van der Waals surface area contributed by atoms with Crippen LogP contribution in [0.5, 0.6) is 0 Å². The fourth-order valence-corrected chi connectivity index (χ4v) is 3.34. The van der Waals surface area contributed by atoms with Crippen LogP contribution in [-0.2, 0) is 4.79 Å².